The number of carbonyl (C=O) groups excluding carboxylic acids is 1. The maximum atomic E-state index is 12.7. The summed E-state index contributed by atoms with van der Waals surface area (Å²) in [5.41, 5.74) is 3.64. The van der Waals surface area contributed by atoms with Crippen LogP contribution in [0.3, 0.4) is 0 Å². The molecule has 1 atom stereocenters. The molecule has 2 aromatic rings. The van der Waals surface area contributed by atoms with Crippen LogP contribution < -0.4 is 10.6 Å². The minimum atomic E-state index is -0.314. The molecule has 0 aliphatic carbocycles. The van der Waals surface area contributed by atoms with Gasteiger partial charge in [-0.3, -0.25) is 0 Å². The molecular formula is C21H26N2O3S2. The number of fused-ring (bicyclic) bond motifs is 1. The van der Waals surface area contributed by atoms with E-state index in [1.54, 1.807) is 0 Å². The van der Waals surface area contributed by atoms with Gasteiger partial charge in [0.2, 0.25) is 0 Å². The van der Waals surface area contributed by atoms with E-state index in [9.17, 15) is 4.79 Å². The first kappa shape index (κ1) is 20.8. The highest BCUT2D eigenvalue weighted by molar-refractivity contribution is 7.80. The summed E-state index contributed by atoms with van der Waals surface area (Å²) in [6, 6.07) is 7.92. The quantitative estimate of drug-likeness (QED) is 0.518. The highest BCUT2D eigenvalue weighted by atomic mass is 32.1. The van der Waals surface area contributed by atoms with Crippen molar-refractivity contribution in [1.82, 2.24) is 0 Å². The molecule has 150 valence electrons. The Balaban J connectivity index is 1.87. The largest absolute Gasteiger partial charge is 0.462 e. The van der Waals surface area contributed by atoms with Crippen LogP contribution in [0, 0.1) is 12.8 Å². The average molecular weight is 419 g/mol. The number of para-hydroxylation sites is 1. The number of anilines is 2. The van der Waals surface area contributed by atoms with E-state index < -0.39 is 0 Å². The fourth-order valence-electron chi connectivity index (χ4n) is 3.19. The molecule has 28 heavy (non-hydrogen) atoms. The van der Waals surface area contributed by atoms with E-state index in [1.165, 1.54) is 11.3 Å². The molecule has 2 heterocycles. The smallest absolute Gasteiger partial charge is 0.341 e. The van der Waals surface area contributed by atoms with E-state index in [2.05, 4.69) is 24.5 Å². The molecule has 0 bridgehead atoms. The van der Waals surface area contributed by atoms with Crippen LogP contribution in [0.1, 0.15) is 47.1 Å². The molecule has 0 saturated carbocycles. The van der Waals surface area contributed by atoms with Gasteiger partial charge in [-0.15, -0.1) is 11.3 Å². The Morgan fingerprint density at radius 3 is 2.79 bits per heavy atom. The van der Waals surface area contributed by atoms with Crippen molar-refractivity contribution in [2.45, 2.75) is 46.8 Å². The second kappa shape index (κ2) is 9.03. The van der Waals surface area contributed by atoms with Gasteiger partial charge in [-0.25, -0.2) is 4.79 Å². The number of thiocarbonyl (C=S) groups is 1. The lowest BCUT2D eigenvalue weighted by Crippen LogP contribution is -2.27. The number of benzene rings is 1. The molecular weight excluding hydrogens is 392 g/mol. The van der Waals surface area contributed by atoms with Crippen LogP contribution >= 0.6 is 23.6 Å². The third kappa shape index (κ3) is 4.54. The summed E-state index contributed by atoms with van der Waals surface area (Å²) in [7, 11) is 0. The lowest BCUT2D eigenvalue weighted by molar-refractivity contribution is 0.00124. The number of ether oxygens (including phenoxy) is 2. The maximum Gasteiger partial charge on any atom is 0.341 e. The van der Waals surface area contributed by atoms with E-state index in [4.69, 9.17) is 21.7 Å². The van der Waals surface area contributed by atoms with Crippen LogP contribution in [-0.2, 0) is 22.5 Å². The molecule has 0 radical (unpaired) electrons. The molecule has 0 spiro atoms. The molecule has 1 aliphatic rings. The van der Waals surface area contributed by atoms with E-state index in [0.29, 0.717) is 41.2 Å². The zero-order chi connectivity index (χ0) is 20.3. The van der Waals surface area contributed by atoms with Gasteiger partial charge < -0.3 is 20.1 Å². The van der Waals surface area contributed by atoms with Crippen LogP contribution in [0.4, 0.5) is 10.7 Å². The molecule has 7 heteroatoms. The summed E-state index contributed by atoms with van der Waals surface area (Å²) in [6.07, 6.45) is 0.803. The van der Waals surface area contributed by atoms with Crippen molar-refractivity contribution in [3.8, 4) is 0 Å². The minimum Gasteiger partial charge on any atom is -0.462 e. The Labute approximate surface area is 175 Å². The van der Waals surface area contributed by atoms with Gasteiger partial charge in [-0.1, -0.05) is 32.0 Å². The number of hydrogen-bond donors (Lipinski definition) is 2. The number of nitrogens with one attached hydrogen (secondary N) is 2. The Morgan fingerprint density at radius 1 is 1.36 bits per heavy atom. The predicted molar refractivity (Wildman–Crippen MR) is 118 cm³/mol. The Bertz CT molecular complexity index is 877. The van der Waals surface area contributed by atoms with Gasteiger partial charge in [0, 0.05) is 17.0 Å². The summed E-state index contributed by atoms with van der Waals surface area (Å²) < 4.78 is 11.3. The third-order valence-electron chi connectivity index (χ3n) is 4.77. The molecule has 0 amide bonds. The van der Waals surface area contributed by atoms with Crippen LogP contribution in [0.25, 0.3) is 0 Å². The standard InChI is InChI=1S/C21H26N2O3S2/c1-5-25-20(24)18-14-10-16(12(2)3)26-11-17(14)28-19(18)23-21(27)22-15-9-7-6-8-13(15)4/h6-9,12,16H,5,10-11H2,1-4H3,(H2,22,23,27). The second-order valence-corrected chi connectivity index (χ2v) is 8.63. The molecule has 1 aliphatic heterocycles. The zero-order valence-corrected chi connectivity index (χ0v) is 18.3. The average Bonchev–Trinajstić information content (AvgIpc) is 3.00. The summed E-state index contributed by atoms with van der Waals surface area (Å²) in [4.78, 5) is 13.8. The van der Waals surface area contributed by atoms with E-state index >= 15 is 0 Å². The SMILES string of the molecule is CCOC(=O)c1c(NC(=S)Nc2ccccc2C)sc2c1CC(C(C)C)OC2. The van der Waals surface area contributed by atoms with Gasteiger partial charge in [0.05, 0.1) is 24.9 Å². The molecule has 1 aromatic heterocycles. The Kier molecular flexibility index (Phi) is 6.69. The Morgan fingerprint density at radius 2 is 2.11 bits per heavy atom. The topological polar surface area (TPSA) is 59.6 Å². The van der Waals surface area contributed by atoms with Crippen molar-refractivity contribution < 1.29 is 14.3 Å². The molecule has 0 fully saturated rings. The van der Waals surface area contributed by atoms with Crippen molar-refractivity contribution in [2.75, 3.05) is 17.2 Å². The van der Waals surface area contributed by atoms with Crippen molar-refractivity contribution in [3.05, 3.63) is 45.8 Å². The highest BCUT2D eigenvalue weighted by Gasteiger charge is 2.31. The van der Waals surface area contributed by atoms with Crippen molar-refractivity contribution >= 4 is 45.3 Å². The van der Waals surface area contributed by atoms with Crippen LogP contribution in [-0.4, -0.2) is 23.8 Å². The first-order valence-electron chi connectivity index (χ1n) is 9.47. The fourth-order valence-corrected chi connectivity index (χ4v) is 4.61. The van der Waals surface area contributed by atoms with Crippen molar-refractivity contribution in [2.24, 2.45) is 5.92 Å². The third-order valence-corrected chi connectivity index (χ3v) is 6.09. The fraction of sp³-hybridized carbons (Fsp3) is 0.429. The summed E-state index contributed by atoms with van der Waals surface area (Å²) in [6.45, 7) is 8.93. The van der Waals surface area contributed by atoms with Gasteiger partial charge in [-0.05, 0) is 49.2 Å². The highest BCUT2D eigenvalue weighted by Crippen LogP contribution is 2.39. The number of esters is 1. The molecule has 3 rings (SSSR count). The molecule has 5 nitrogen and oxygen atoms in total. The maximum absolute atomic E-state index is 12.7. The zero-order valence-electron chi connectivity index (χ0n) is 16.6. The summed E-state index contributed by atoms with van der Waals surface area (Å²) in [5.74, 6) is 0.0638. The van der Waals surface area contributed by atoms with Gasteiger partial charge >= 0.3 is 5.97 Å². The molecule has 2 N–H and O–H groups in total. The second-order valence-electron chi connectivity index (χ2n) is 7.12. The minimum absolute atomic E-state index is 0.0974. The lowest BCUT2D eigenvalue weighted by atomic mass is 9.94. The summed E-state index contributed by atoms with van der Waals surface area (Å²) in [5, 5.41) is 7.57. The lowest BCUT2D eigenvalue weighted by Gasteiger charge is -2.26. The molecule has 1 unspecified atom stereocenters. The normalized spacial score (nSPS) is 15.8. The van der Waals surface area contributed by atoms with Gasteiger partial charge in [0.25, 0.3) is 0 Å². The van der Waals surface area contributed by atoms with Crippen LogP contribution in [0.5, 0.6) is 0 Å². The number of aryl methyl sites for hydroxylation is 1. The van der Waals surface area contributed by atoms with E-state index in [0.717, 1.165) is 21.7 Å². The predicted octanol–water partition coefficient (Wildman–Crippen LogP) is 5.14. The van der Waals surface area contributed by atoms with Crippen molar-refractivity contribution in [1.29, 1.82) is 0 Å². The van der Waals surface area contributed by atoms with E-state index in [-0.39, 0.29) is 12.1 Å². The van der Waals surface area contributed by atoms with Crippen LogP contribution in [0.2, 0.25) is 0 Å². The first-order chi connectivity index (χ1) is 13.4. The van der Waals surface area contributed by atoms with Gasteiger partial charge in [0.15, 0.2) is 5.11 Å². The van der Waals surface area contributed by atoms with E-state index in [1.807, 2.05) is 38.1 Å². The number of hydrogen-bond acceptors (Lipinski definition) is 5. The number of carbonyl (C=O) groups is 1. The molecule has 0 saturated heterocycles. The first-order valence-corrected chi connectivity index (χ1v) is 10.7. The number of thiophene rings is 1. The van der Waals surface area contributed by atoms with Crippen LogP contribution in [0.15, 0.2) is 24.3 Å². The van der Waals surface area contributed by atoms with Crippen molar-refractivity contribution in [3.63, 3.8) is 0 Å². The number of rotatable bonds is 5. The van der Waals surface area contributed by atoms with Gasteiger partial charge in [0.1, 0.15) is 5.00 Å². The van der Waals surface area contributed by atoms with Gasteiger partial charge in [-0.2, -0.15) is 0 Å². The summed E-state index contributed by atoms with van der Waals surface area (Å²) >= 11 is 7.00. The Hall–Kier alpha value is -1.96. The molecule has 1 aromatic carbocycles. The monoisotopic (exact) mass is 418 g/mol.